The standard InChI is InChI=1S/C10H6O5S/c11-8-5-9(16(13,14)15)10(12)7-4-2-1-3-6(7)8/h1-5H,(H,13,14,15)/p-1. The minimum absolute atomic E-state index is 0.0515. The van der Waals surface area contributed by atoms with Gasteiger partial charge in [0.15, 0.2) is 5.78 Å². The first-order valence-electron chi connectivity index (χ1n) is 4.27. The van der Waals surface area contributed by atoms with Gasteiger partial charge in [0.25, 0.3) is 0 Å². The summed E-state index contributed by atoms with van der Waals surface area (Å²) >= 11 is 0. The van der Waals surface area contributed by atoms with Gasteiger partial charge < -0.3 is 4.55 Å². The molecular formula is C10H5O5S-. The largest absolute Gasteiger partial charge is 0.744 e. The Morgan fingerprint density at radius 2 is 1.56 bits per heavy atom. The Hall–Kier alpha value is -1.79. The molecule has 1 aliphatic rings. The topological polar surface area (TPSA) is 91.3 Å². The van der Waals surface area contributed by atoms with Crippen molar-refractivity contribution < 1.29 is 22.6 Å². The van der Waals surface area contributed by atoms with Crippen molar-refractivity contribution in [2.45, 2.75) is 0 Å². The van der Waals surface area contributed by atoms with E-state index in [1.165, 1.54) is 18.2 Å². The van der Waals surface area contributed by atoms with Crippen LogP contribution in [0, 0.1) is 0 Å². The third kappa shape index (κ3) is 1.58. The Kier molecular flexibility index (Phi) is 2.25. The van der Waals surface area contributed by atoms with Crippen LogP contribution in [0.15, 0.2) is 35.2 Å². The third-order valence-electron chi connectivity index (χ3n) is 2.19. The Bertz CT molecular complexity index is 624. The maximum absolute atomic E-state index is 11.6. The fraction of sp³-hybridized carbons (Fsp3) is 0. The fourth-order valence-corrected chi connectivity index (χ4v) is 2.07. The first-order chi connectivity index (χ1) is 7.41. The first kappa shape index (κ1) is 10.7. The lowest BCUT2D eigenvalue weighted by molar-refractivity contribution is 0.0989. The van der Waals surface area contributed by atoms with Crippen molar-refractivity contribution in [3.8, 4) is 0 Å². The van der Waals surface area contributed by atoms with Gasteiger partial charge in [-0.2, -0.15) is 0 Å². The van der Waals surface area contributed by atoms with Gasteiger partial charge in [-0.1, -0.05) is 24.3 Å². The summed E-state index contributed by atoms with van der Waals surface area (Å²) in [4.78, 5) is 22.1. The molecule has 0 bridgehead atoms. The van der Waals surface area contributed by atoms with Crippen LogP contribution in [0.3, 0.4) is 0 Å². The Morgan fingerprint density at radius 3 is 2.12 bits per heavy atom. The SMILES string of the molecule is O=C1C=C(S(=O)(=O)[O-])C(=O)c2ccccc21. The van der Waals surface area contributed by atoms with Crippen LogP contribution in [0.1, 0.15) is 20.7 Å². The Labute approximate surface area is 91.1 Å². The zero-order valence-electron chi connectivity index (χ0n) is 7.84. The number of hydrogen-bond acceptors (Lipinski definition) is 5. The second kappa shape index (κ2) is 3.36. The van der Waals surface area contributed by atoms with Crippen molar-refractivity contribution in [3.63, 3.8) is 0 Å². The quantitative estimate of drug-likeness (QED) is 0.663. The summed E-state index contributed by atoms with van der Waals surface area (Å²) in [5.74, 6) is -1.57. The molecule has 5 nitrogen and oxygen atoms in total. The second-order valence-corrected chi connectivity index (χ2v) is 4.55. The molecule has 0 atom stereocenters. The number of ketones is 2. The summed E-state index contributed by atoms with van der Waals surface area (Å²) in [5.41, 5.74) is 0.0596. The zero-order chi connectivity index (χ0) is 11.9. The molecular weight excluding hydrogens is 232 g/mol. The molecule has 0 aliphatic heterocycles. The number of benzene rings is 1. The number of allylic oxidation sites excluding steroid dienone is 2. The second-order valence-electron chi connectivity index (χ2n) is 3.20. The first-order valence-corrected chi connectivity index (χ1v) is 5.68. The zero-order valence-corrected chi connectivity index (χ0v) is 8.65. The van der Waals surface area contributed by atoms with E-state index in [0.717, 1.165) is 0 Å². The minimum atomic E-state index is -4.91. The normalized spacial score (nSPS) is 15.7. The van der Waals surface area contributed by atoms with Crippen LogP contribution >= 0.6 is 0 Å². The predicted molar refractivity (Wildman–Crippen MR) is 52.9 cm³/mol. The van der Waals surface area contributed by atoms with Gasteiger partial charge in [0.05, 0.1) is 0 Å². The van der Waals surface area contributed by atoms with E-state index in [-0.39, 0.29) is 11.1 Å². The van der Waals surface area contributed by atoms with Gasteiger partial charge in [0.1, 0.15) is 15.0 Å². The van der Waals surface area contributed by atoms with Crippen molar-refractivity contribution >= 4 is 21.7 Å². The van der Waals surface area contributed by atoms with Crippen LogP contribution in [0.4, 0.5) is 0 Å². The number of Topliss-reactive ketones (excluding diaryl/α,β-unsaturated/α-hetero) is 1. The van der Waals surface area contributed by atoms with Crippen molar-refractivity contribution in [2.75, 3.05) is 0 Å². The van der Waals surface area contributed by atoms with E-state index < -0.39 is 26.6 Å². The summed E-state index contributed by atoms with van der Waals surface area (Å²) < 4.78 is 32.3. The molecule has 0 aromatic heterocycles. The highest BCUT2D eigenvalue weighted by molar-refractivity contribution is 7.90. The van der Waals surface area contributed by atoms with Crippen LogP contribution in [0.5, 0.6) is 0 Å². The lowest BCUT2D eigenvalue weighted by atomic mass is 9.95. The summed E-state index contributed by atoms with van der Waals surface area (Å²) in [6.07, 6.45) is 0.576. The molecule has 0 spiro atoms. The number of hydrogen-bond donors (Lipinski definition) is 0. The summed E-state index contributed by atoms with van der Waals surface area (Å²) in [6, 6.07) is 5.76. The average molecular weight is 237 g/mol. The van der Waals surface area contributed by atoms with Gasteiger partial charge in [-0.25, -0.2) is 8.42 Å². The Balaban J connectivity index is 2.70. The Morgan fingerprint density at radius 1 is 1.00 bits per heavy atom. The lowest BCUT2D eigenvalue weighted by Crippen LogP contribution is -2.21. The summed E-state index contributed by atoms with van der Waals surface area (Å²) in [6.45, 7) is 0. The molecule has 0 saturated heterocycles. The molecule has 0 saturated carbocycles. The molecule has 1 aromatic carbocycles. The van der Waals surface area contributed by atoms with Crippen LogP contribution in [0.2, 0.25) is 0 Å². The molecule has 0 amide bonds. The van der Waals surface area contributed by atoms with E-state index in [9.17, 15) is 22.6 Å². The molecule has 0 unspecified atom stereocenters. The fourth-order valence-electron chi connectivity index (χ4n) is 1.48. The number of fused-ring (bicyclic) bond motifs is 1. The molecule has 82 valence electrons. The number of carbonyl (C=O) groups excluding carboxylic acids is 2. The van der Waals surface area contributed by atoms with Crippen LogP contribution in [0.25, 0.3) is 0 Å². The maximum Gasteiger partial charge on any atom is 0.204 e. The van der Waals surface area contributed by atoms with E-state index in [1.807, 2.05) is 0 Å². The van der Waals surface area contributed by atoms with E-state index in [4.69, 9.17) is 0 Å². The van der Waals surface area contributed by atoms with E-state index in [0.29, 0.717) is 6.08 Å². The van der Waals surface area contributed by atoms with E-state index in [1.54, 1.807) is 6.07 Å². The highest BCUT2D eigenvalue weighted by atomic mass is 32.2. The third-order valence-corrected chi connectivity index (χ3v) is 3.03. The molecule has 2 rings (SSSR count). The van der Waals surface area contributed by atoms with Crippen molar-refractivity contribution in [1.82, 2.24) is 0 Å². The van der Waals surface area contributed by atoms with Crippen molar-refractivity contribution in [3.05, 3.63) is 46.4 Å². The predicted octanol–water partition coefficient (Wildman–Crippen LogP) is 0.495. The minimum Gasteiger partial charge on any atom is -0.744 e. The van der Waals surface area contributed by atoms with Gasteiger partial charge in [0, 0.05) is 17.2 Å². The van der Waals surface area contributed by atoms with Crippen LogP contribution < -0.4 is 0 Å². The molecule has 16 heavy (non-hydrogen) atoms. The average Bonchev–Trinajstić information content (AvgIpc) is 2.22. The van der Waals surface area contributed by atoms with Gasteiger partial charge in [-0.05, 0) is 0 Å². The smallest absolute Gasteiger partial charge is 0.204 e. The monoisotopic (exact) mass is 237 g/mol. The highest BCUT2D eigenvalue weighted by Gasteiger charge is 2.28. The van der Waals surface area contributed by atoms with E-state index >= 15 is 0 Å². The van der Waals surface area contributed by atoms with Gasteiger partial charge in [-0.15, -0.1) is 0 Å². The molecule has 0 heterocycles. The van der Waals surface area contributed by atoms with Crippen molar-refractivity contribution in [1.29, 1.82) is 0 Å². The maximum atomic E-state index is 11.6. The molecule has 1 aromatic rings. The summed E-state index contributed by atoms with van der Waals surface area (Å²) in [5, 5.41) is 0. The molecule has 6 heteroatoms. The van der Waals surface area contributed by atoms with E-state index in [2.05, 4.69) is 0 Å². The van der Waals surface area contributed by atoms with Crippen molar-refractivity contribution in [2.24, 2.45) is 0 Å². The summed E-state index contributed by atoms with van der Waals surface area (Å²) in [7, 11) is -4.91. The van der Waals surface area contributed by atoms with Gasteiger partial charge >= 0.3 is 0 Å². The molecule has 0 N–H and O–H groups in total. The molecule has 1 aliphatic carbocycles. The lowest BCUT2D eigenvalue weighted by Gasteiger charge is -2.16. The van der Waals surface area contributed by atoms with Gasteiger partial charge in [-0.3, -0.25) is 9.59 Å². The van der Waals surface area contributed by atoms with Crippen LogP contribution in [-0.4, -0.2) is 24.5 Å². The van der Waals surface area contributed by atoms with Crippen LogP contribution in [-0.2, 0) is 10.1 Å². The van der Waals surface area contributed by atoms with Gasteiger partial charge in [0.2, 0.25) is 5.78 Å². The molecule has 0 radical (unpaired) electrons. The number of rotatable bonds is 1. The molecule has 0 fully saturated rings. The highest BCUT2D eigenvalue weighted by Crippen LogP contribution is 2.23. The number of carbonyl (C=O) groups is 2.